The van der Waals surface area contributed by atoms with Crippen LogP contribution in [0.3, 0.4) is 0 Å². The molecule has 0 heterocycles. The van der Waals surface area contributed by atoms with Gasteiger partial charge in [0.15, 0.2) is 6.10 Å². The van der Waals surface area contributed by atoms with Crippen molar-refractivity contribution in [2.45, 2.75) is 316 Å². The van der Waals surface area contributed by atoms with Crippen molar-refractivity contribution in [1.82, 2.24) is 0 Å². The topological polar surface area (TPSA) is 78.9 Å². The zero-order chi connectivity index (χ0) is 46.5. The van der Waals surface area contributed by atoms with Crippen molar-refractivity contribution in [3.8, 4) is 0 Å². The minimum atomic E-state index is -0.766. The third-order valence-corrected chi connectivity index (χ3v) is 12.7. The van der Waals surface area contributed by atoms with Gasteiger partial charge in [-0.3, -0.25) is 14.4 Å². The molecule has 0 radical (unpaired) electrons. The number of hydrogen-bond donors (Lipinski definition) is 0. The first-order valence-corrected chi connectivity index (χ1v) is 28.3. The lowest BCUT2D eigenvalue weighted by Crippen LogP contribution is -2.30. The molecule has 0 fully saturated rings. The van der Waals surface area contributed by atoms with Gasteiger partial charge in [0.25, 0.3) is 0 Å². The first-order valence-electron chi connectivity index (χ1n) is 28.3. The van der Waals surface area contributed by atoms with E-state index in [-0.39, 0.29) is 31.1 Å². The molecule has 376 valence electrons. The van der Waals surface area contributed by atoms with Crippen LogP contribution in [0.2, 0.25) is 0 Å². The molecule has 6 nitrogen and oxygen atoms in total. The third-order valence-electron chi connectivity index (χ3n) is 12.7. The lowest BCUT2D eigenvalue weighted by atomic mass is 10.0. The highest BCUT2D eigenvalue weighted by Crippen LogP contribution is 2.17. The standard InChI is InChI=1S/C58H108O6/c1-4-7-10-13-15-17-19-21-23-25-27-28-29-31-32-34-36-38-40-42-45-48-51-57(60)63-54-55(53-62-56(59)50-47-44-12-9-6-3)64-58(61)52-49-46-43-41-39-37-35-33-30-26-24-22-20-18-16-14-11-8-5-2/h16,18,22,24,55H,4-15,17,19-21,23,25-54H2,1-3H3/b18-16-,24-22-. The molecule has 6 heteroatoms. The summed E-state index contributed by atoms with van der Waals surface area (Å²) in [6, 6.07) is 0. The quantitative estimate of drug-likeness (QED) is 0.0262. The smallest absolute Gasteiger partial charge is 0.306 e. The molecule has 0 aliphatic carbocycles. The van der Waals surface area contributed by atoms with Crippen LogP contribution in [-0.4, -0.2) is 37.2 Å². The maximum Gasteiger partial charge on any atom is 0.306 e. The van der Waals surface area contributed by atoms with Gasteiger partial charge in [0.2, 0.25) is 0 Å². The van der Waals surface area contributed by atoms with Crippen LogP contribution < -0.4 is 0 Å². The predicted octanol–water partition coefficient (Wildman–Crippen LogP) is 18.7. The highest BCUT2D eigenvalue weighted by atomic mass is 16.6. The van der Waals surface area contributed by atoms with E-state index in [1.165, 1.54) is 199 Å². The second kappa shape index (κ2) is 53.5. The molecule has 1 atom stereocenters. The molecule has 0 aliphatic rings. The Balaban J connectivity index is 4.06. The Labute approximate surface area is 398 Å². The number of unbranched alkanes of at least 4 members (excludes halogenated alkanes) is 37. The molecular formula is C58H108O6. The van der Waals surface area contributed by atoms with Crippen molar-refractivity contribution in [2.24, 2.45) is 0 Å². The lowest BCUT2D eigenvalue weighted by molar-refractivity contribution is -0.167. The summed E-state index contributed by atoms with van der Waals surface area (Å²) in [6.45, 7) is 6.57. The van der Waals surface area contributed by atoms with E-state index in [0.29, 0.717) is 19.3 Å². The molecule has 0 N–H and O–H groups in total. The SMILES string of the molecule is CCCCC/C=C\C/C=C\CCCCCCCCCCCC(=O)OC(COC(=O)CCCCCCC)COC(=O)CCCCCCCCCCCCCCCCCCCCCCCC. The van der Waals surface area contributed by atoms with Gasteiger partial charge in [-0.05, 0) is 51.4 Å². The highest BCUT2D eigenvalue weighted by molar-refractivity contribution is 5.71. The summed E-state index contributed by atoms with van der Waals surface area (Å²) in [4.78, 5) is 37.8. The number of allylic oxidation sites excluding steroid dienone is 4. The summed E-state index contributed by atoms with van der Waals surface area (Å²) < 4.78 is 16.7. The molecule has 1 unspecified atom stereocenters. The fraction of sp³-hybridized carbons (Fsp3) is 0.879. The van der Waals surface area contributed by atoms with Crippen molar-refractivity contribution in [3.63, 3.8) is 0 Å². The van der Waals surface area contributed by atoms with E-state index in [4.69, 9.17) is 14.2 Å². The van der Waals surface area contributed by atoms with Crippen LogP contribution in [0.25, 0.3) is 0 Å². The normalized spacial score (nSPS) is 12.1. The minimum absolute atomic E-state index is 0.0690. The van der Waals surface area contributed by atoms with Gasteiger partial charge < -0.3 is 14.2 Å². The zero-order valence-electron chi connectivity index (χ0n) is 43.1. The number of ether oxygens (including phenoxy) is 3. The molecule has 64 heavy (non-hydrogen) atoms. The minimum Gasteiger partial charge on any atom is -0.462 e. The van der Waals surface area contributed by atoms with Gasteiger partial charge in [-0.2, -0.15) is 0 Å². The Morgan fingerprint density at radius 3 is 0.891 bits per heavy atom. The average molecular weight is 901 g/mol. The second-order valence-corrected chi connectivity index (χ2v) is 19.2. The van der Waals surface area contributed by atoms with E-state index in [0.717, 1.165) is 70.6 Å². The number of rotatable bonds is 52. The third kappa shape index (κ3) is 50.9. The number of hydrogen-bond acceptors (Lipinski definition) is 6. The summed E-state index contributed by atoms with van der Waals surface area (Å²) in [5, 5.41) is 0. The van der Waals surface area contributed by atoms with Crippen LogP contribution >= 0.6 is 0 Å². The number of carbonyl (C=O) groups is 3. The van der Waals surface area contributed by atoms with Gasteiger partial charge in [-0.15, -0.1) is 0 Å². The zero-order valence-corrected chi connectivity index (χ0v) is 43.1. The second-order valence-electron chi connectivity index (χ2n) is 19.2. The van der Waals surface area contributed by atoms with Crippen molar-refractivity contribution in [3.05, 3.63) is 24.3 Å². The van der Waals surface area contributed by atoms with E-state index < -0.39 is 6.10 Å². The van der Waals surface area contributed by atoms with Crippen LogP contribution in [0, 0.1) is 0 Å². The van der Waals surface area contributed by atoms with Crippen LogP contribution in [0.4, 0.5) is 0 Å². The Hall–Kier alpha value is -2.11. The molecule has 0 spiro atoms. The van der Waals surface area contributed by atoms with Gasteiger partial charge in [-0.1, -0.05) is 263 Å². The van der Waals surface area contributed by atoms with Crippen molar-refractivity contribution >= 4 is 17.9 Å². The molecule has 0 aliphatic heterocycles. The van der Waals surface area contributed by atoms with Crippen molar-refractivity contribution < 1.29 is 28.6 Å². The van der Waals surface area contributed by atoms with E-state index in [1.807, 2.05) is 0 Å². The van der Waals surface area contributed by atoms with Crippen LogP contribution in [0.15, 0.2) is 24.3 Å². The van der Waals surface area contributed by atoms with Crippen LogP contribution in [0.1, 0.15) is 310 Å². The number of esters is 3. The van der Waals surface area contributed by atoms with E-state index in [9.17, 15) is 14.4 Å². The van der Waals surface area contributed by atoms with Gasteiger partial charge in [0.05, 0.1) is 0 Å². The van der Waals surface area contributed by atoms with E-state index >= 15 is 0 Å². The monoisotopic (exact) mass is 901 g/mol. The Bertz CT molecular complexity index is 1040. The summed E-state index contributed by atoms with van der Waals surface area (Å²) in [7, 11) is 0. The summed E-state index contributed by atoms with van der Waals surface area (Å²) in [5.74, 6) is -0.870. The fourth-order valence-corrected chi connectivity index (χ4v) is 8.42. The maximum absolute atomic E-state index is 12.8. The van der Waals surface area contributed by atoms with Gasteiger partial charge >= 0.3 is 17.9 Å². The summed E-state index contributed by atoms with van der Waals surface area (Å²) >= 11 is 0. The molecule has 0 saturated heterocycles. The van der Waals surface area contributed by atoms with Crippen molar-refractivity contribution in [2.75, 3.05) is 13.2 Å². The number of carbonyl (C=O) groups excluding carboxylic acids is 3. The summed E-state index contributed by atoms with van der Waals surface area (Å²) in [6.07, 6.45) is 62.1. The summed E-state index contributed by atoms with van der Waals surface area (Å²) in [5.41, 5.74) is 0. The average Bonchev–Trinajstić information content (AvgIpc) is 3.29. The Morgan fingerprint density at radius 2 is 0.562 bits per heavy atom. The molecular weight excluding hydrogens is 793 g/mol. The van der Waals surface area contributed by atoms with E-state index in [2.05, 4.69) is 45.1 Å². The Morgan fingerprint density at radius 1 is 0.312 bits per heavy atom. The lowest BCUT2D eigenvalue weighted by Gasteiger charge is -2.18. The molecule has 0 saturated carbocycles. The van der Waals surface area contributed by atoms with E-state index in [1.54, 1.807) is 0 Å². The maximum atomic E-state index is 12.8. The predicted molar refractivity (Wildman–Crippen MR) is 275 cm³/mol. The highest BCUT2D eigenvalue weighted by Gasteiger charge is 2.19. The molecule has 0 aromatic heterocycles. The largest absolute Gasteiger partial charge is 0.462 e. The van der Waals surface area contributed by atoms with Gasteiger partial charge in [-0.25, -0.2) is 0 Å². The molecule has 0 rings (SSSR count). The first kappa shape index (κ1) is 61.9. The van der Waals surface area contributed by atoms with Gasteiger partial charge in [0.1, 0.15) is 13.2 Å². The molecule has 0 aromatic rings. The molecule has 0 bridgehead atoms. The molecule has 0 amide bonds. The van der Waals surface area contributed by atoms with Crippen molar-refractivity contribution in [1.29, 1.82) is 0 Å². The molecule has 0 aromatic carbocycles. The van der Waals surface area contributed by atoms with Gasteiger partial charge in [0, 0.05) is 19.3 Å². The fourth-order valence-electron chi connectivity index (χ4n) is 8.42. The van der Waals surface area contributed by atoms with Crippen LogP contribution in [-0.2, 0) is 28.6 Å². The first-order chi connectivity index (χ1) is 31.5. The Kier molecular flexibility index (Phi) is 51.7. The van der Waals surface area contributed by atoms with Crippen LogP contribution in [0.5, 0.6) is 0 Å².